The van der Waals surface area contributed by atoms with Gasteiger partial charge in [0.1, 0.15) is 0 Å². The number of rotatable bonds is 2. The molecule has 0 aliphatic carbocycles. The van der Waals surface area contributed by atoms with Crippen LogP contribution >= 0.6 is 11.3 Å². The lowest BCUT2D eigenvalue weighted by atomic mass is 9.96. The molecule has 0 atom stereocenters. The van der Waals surface area contributed by atoms with E-state index in [2.05, 4.69) is 5.32 Å². The molecule has 1 saturated heterocycles. The van der Waals surface area contributed by atoms with Crippen molar-refractivity contribution in [3.8, 4) is 0 Å². The molecule has 0 unspecified atom stereocenters. The van der Waals surface area contributed by atoms with Gasteiger partial charge in [-0.05, 0) is 37.9 Å². The molecule has 0 saturated carbocycles. The zero-order valence-electron chi connectivity index (χ0n) is 7.82. The fraction of sp³-hybridized carbons (Fsp3) is 0.500. The van der Waals surface area contributed by atoms with E-state index in [-0.39, 0.29) is 0 Å². The van der Waals surface area contributed by atoms with Crippen LogP contribution in [0.5, 0.6) is 0 Å². The fourth-order valence-electron chi connectivity index (χ4n) is 1.79. The highest BCUT2D eigenvalue weighted by atomic mass is 32.1. The molecule has 1 aromatic rings. The SMILES string of the molecule is O=C(O)c1csc(C2CCNCC2)c1. The smallest absolute Gasteiger partial charge is 0.336 e. The molecule has 0 spiro atoms. The largest absolute Gasteiger partial charge is 0.478 e. The van der Waals surface area contributed by atoms with Gasteiger partial charge in [0.2, 0.25) is 0 Å². The summed E-state index contributed by atoms with van der Waals surface area (Å²) in [6, 6.07) is 1.82. The van der Waals surface area contributed by atoms with Crippen LogP contribution in [0.4, 0.5) is 0 Å². The lowest BCUT2D eigenvalue weighted by Gasteiger charge is -2.21. The van der Waals surface area contributed by atoms with Crippen molar-refractivity contribution in [2.75, 3.05) is 13.1 Å². The van der Waals surface area contributed by atoms with Crippen LogP contribution in [0.25, 0.3) is 0 Å². The highest BCUT2D eigenvalue weighted by molar-refractivity contribution is 7.10. The molecule has 0 amide bonds. The van der Waals surface area contributed by atoms with Gasteiger partial charge in [-0.15, -0.1) is 11.3 Å². The molecule has 1 fully saturated rings. The summed E-state index contributed by atoms with van der Waals surface area (Å²) in [6.45, 7) is 2.09. The number of hydrogen-bond donors (Lipinski definition) is 2. The van der Waals surface area contributed by atoms with E-state index in [9.17, 15) is 4.79 Å². The van der Waals surface area contributed by atoms with Crippen molar-refractivity contribution < 1.29 is 9.90 Å². The van der Waals surface area contributed by atoms with Gasteiger partial charge < -0.3 is 10.4 Å². The van der Waals surface area contributed by atoms with E-state index in [1.807, 2.05) is 6.07 Å². The van der Waals surface area contributed by atoms with Gasteiger partial charge in [0.15, 0.2) is 0 Å². The second kappa shape index (κ2) is 4.11. The summed E-state index contributed by atoms with van der Waals surface area (Å²) in [7, 11) is 0. The molecule has 2 N–H and O–H groups in total. The zero-order chi connectivity index (χ0) is 9.97. The first kappa shape index (κ1) is 9.68. The molecule has 4 heteroatoms. The Labute approximate surface area is 86.8 Å². The van der Waals surface area contributed by atoms with Gasteiger partial charge in [-0.25, -0.2) is 4.79 Å². The van der Waals surface area contributed by atoms with Crippen LogP contribution < -0.4 is 5.32 Å². The van der Waals surface area contributed by atoms with Crippen LogP contribution in [0.3, 0.4) is 0 Å². The number of nitrogens with one attached hydrogen (secondary N) is 1. The van der Waals surface area contributed by atoms with Gasteiger partial charge in [-0.2, -0.15) is 0 Å². The van der Waals surface area contributed by atoms with Crippen molar-refractivity contribution in [3.05, 3.63) is 21.9 Å². The van der Waals surface area contributed by atoms with Crippen molar-refractivity contribution in [2.45, 2.75) is 18.8 Å². The molecule has 3 nitrogen and oxygen atoms in total. The van der Waals surface area contributed by atoms with Gasteiger partial charge in [0.25, 0.3) is 0 Å². The predicted octanol–water partition coefficient (Wildman–Crippen LogP) is 1.91. The number of piperidine rings is 1. The topological polar surface area (TPSA) is 49.3 Å². The minimum atomic E-state index is -0.818. The molecular formula is C10H13NO2S. The molecule has 2 heterocycles. The second-order valence-electron chi connectivity index (χ2n) is 3.57. The number of carboxylic acids is 1. The second-order valence-corrected chi connectivity index (χ2v) is 4.51. The summed E-state index contributed by atoms with van der Waals surface area (Å²) >= 11 is 1.58. The Morgan fingerprint density at radius 1 is 1.50 bits per heavy atom. The Hall–Kier alpha value is -0.870. The molecule has 0 bridgehead atoms. The first-order valence-corrected chi connectivity index (χ1v) is 5.68. The number of carbonyl (C=O) groups is 1. The number of aromatic carboxylic acids is 1. The maximum absolute atomic E-state index is 10.7. The van der Waals surface area contributed by atoms with Crippen molar-refractivity contribution in [1.29, 1.82) is 0 Å². The highest BCUT2D eigenvalue weighted by Gasteiger charge is 2.18. The van der Waals surface area contributed by atoms with Crippen LogP contribution in [0.2, 0.25) is 0 Å². The van der Waals surface area contributed by atoms with E-state index in [4.69, 9.17) is 5.11 Å². The maximum atomic E-state index is 10.7. The molecule has 2 rings (SSSR count). The van der Waals surface area contributed by atoms with Crippen molar-refractivity contribution >= 4 is 17.3 Å². The van der Waals surface area contributed by atoms with Crippen molar-refractivity contribution in [1.82, 2.24) is 5.32 Å². The summed E-state index contributed by atoms with van der Waals surface area (Å²) in [4.78, 5) is 11.9. The summed E-state index contributed by atoms with van der Waals surface area (Å²) in [5.41, 5.74) is 0.434. The van der Waals surface area contributed by atoms with Gasteiger partial charge in [-0.1, -0.05) is 0 Å². The first-order chi connectivity index (χ1) is 6.77. The Bertz CT molecular complexity index is 329. The third-order valence-electron chi connectivity index (χ3n) is 2.61. The summed E-state index contributed by atoms with van der Waals surface area (Å²) in [6.07, 6.45) is 2.25. The molecule has 14 heavy (non-hydrogen) atoms. The number of thiophene rings is 1. The average Bonchev–Trinajstić information content (AvgIpc) is 2.68. The molecule has 0 radical (unpaired) electrons. The van der Waals surface area contributed by atoms with Crippen LogP contribution in [0, 0.1) is 0 Å². The van der Waals surface area contributed by atoms with Crippen LogP contribution in [-0.2, 0) is 0 Å². The number of hydrogen-bond acceptors (Lipinski definition) is 3. The normalized spacial score (nSPS) is 18.3. The minimum Gasteiger partial charge on any atom is -0.478 e. The Balaban J connectivity index is 2.11. The summed E-state index contributed by atoms with van der Waals surface area (Å²) < 4.78 is 0. The third kappa shape index (κ3) is 1.96. The van der Waals surface area contributed by atoms with Crippen LogP contribution in [0.1, 0.15) is 34.0 Å². The number of carboxylic acid groups (broad SMARTS) is 1. The van der Waals surface area contributed by atoms with E-state index >= 15 is 0 Å². The predicted molar refractivity (Wildman–Crippen MR) is 56.1 cm³/mol. The summed E-state index contributed by atoms with van der Waals surface area (Å²) in [5, 5.41) is 13.8. The lowest BCUT2D eigenvalue weighted by Crippen LogP contribution is -2.26. The molecule has 1 aliphatic heterocycles. The fourth-order valence-corrected chi connectivity index (χ4v) is 2.84. The molecular weight excluding hydrogens is 198 g/mol. The third-order valence-corrected chi connectivity index (χ3v) is 3.70. The van der Waals surface area contributed by atoms with Gasteiger partial charge >= 0.3 is 5.97 Å². The van der Waals surface area contributed by atoms with Crippen molar-refractivity contribution in [2.24, 2.45) is 0 Å². The molecule has 76 valence electrons. The minimum absolute atomic E-state index is 0.434. The molecule has 1 aromatic heterocycles. The quantitative estimate of drug-likeness (QED) is 0.785. The zero-order valence-corrected chi connectivity index (χ0v) is 8.64. The van der Waals surface area contributed by atoms with E-state index in [0.29, 0.717) is 11.5 Å². The maximum Gasteiger partial charge on any atom is 0.336 e. The Kier molecular flexibility index (Phi) is 2.84. The average molecular weight is 211 g/mol. The highest BCUT2D eigenvalue weighted by Crippen LogP contribution is 2.30. The summed E-state index contributed by atoms with van der Waals surface area (Å²) in [5.74, 6) is -0.254. The van der Waals surface area contributed by atoms with E-state index in [1.165, 1.54) is 4.88 Å². The van der Waals surface area contributed by atoms with Gasteiger partial charge in [0.05, 0.1) is 5.56 Å². The van der Waals surface area contributed by atoms with Gasteiger partial charge in [0, 0.05) is 10.3 Å². The standard InChI is InChI=1S/C10H13NO2S/c12-10(13)8-5-9(14-6-8)7-1-3-11-4-2-7/h5-7,11H,1-4H2,(H,12,13). The Morgan fingerprint density at radius 3 is 2.79 bits per heavy atom. The monoisotopic (exact) mass is 211 g/mol. The van der Waals surface area contributed by atoms with Crippen LogP contribution in [0.15, 0.2) is 11.4 Å². The van der Waals surface area contributed by atoms with Crippen molar-refractivity contribution in [3.63, 3.8) is 0 Å². The van der Waals surface area contributed by atoms with E-state index < -0.39 is 5.97 Å². The first-order valence-electron chi connectivity index (χ1n) is 4.80. The van der Waals surface area contributed by atoms with E-state index in [1.54, 1.807) is 16.7 Å². The lowest BCUT2D eigenvalue weighted by molar-refractivity contribution is 0.0697. The molecule has 1 aliphatic rings. The van der Waals surface area contributed by atoms with E-state index in [0.717, 1.165) is 25.9 Å². The Morgan fingerprint density at radius 2 is 2.21 bits per heavy atom. The van der Waals surface area contributed by atoms with Gasteiger partial charge in [-0.3, -0.25) is 0 Å². The van der Waals surface area contributed by atoms with Crippen LogP contribution in [-0.4, -0.2) is 24.2 Å². The molecule has 0 aromatic carbocycles.